The molecule has 1 amide bonds. The number of aliphatic hydroxyl groups is 1. The maximum atomic E-state index is 11.5. The molecule has 1 aliphatic heterocycles. The fourth-order valence-corrected chi connectivity index (χ4v) is 2.07. The van der Waals surface area contributed by atoms with E-state index in [0.29, 0.717) is 17.8 Å². The second-order valence-corrected chi connectivity index (χ2v) is 4.17. The van der Waals surface area contributed by atoms with E-state index in [4.69, 9.17) is 0 Å². The average molecular weight is 222 g/mol. The Hall–Kier alpha value is -1.62. The van der Waals surface area contributed by atoms with Crippen molar-refractivity contribution in [2.24, 2.45) is 5.92 Å². The van der Waals surface area contributed by atoms with E-state index in [1.54, 1.807) is 6.07 Å². The number of nitrogens with zero attached hydrogens (tertiary/aromatic N) is 1. The van der Waals surface area contributed by atoms with Crippen molar-refractivity contribution in [3.63, 3.8) is 0 Å². The highest BCUT2D eigenvalue weighted by Crippen LogP contribution is 2.30. The van der Waals surface area contributed by atoms with E-state index in [9.17, 15) is 14.7 Å². The van der Waals surface area contributed by atoms with Crippen molar-refractivity contribution >= 4 is 11.6 Å². The molecule has 0 unspecified atom stereocenters. The number of carbonyl (C=O) groups is 1. The SMILES string of the molecule is CC(=O)N1c2ccc(=O)[nH]c2C[C@@H](C)[C@@H]1O. The molecule has 2 atom stereocenters. The summed E-state index contributed by atoms with van der Waals surface area (Å²) >= 11 is 0. The van der Waals surface area contributed by atoms with E-state index in [0.717, 1.165) is 0 Å². The maximum Gasteiger partial charge on any atom is 0.248 e. The molecule has 2 heterocycles. The molecule has 86 valence electrons. The van der Waals surface area contributed by atoms with Gasteiger partial charge in [0.2, 0.25) is 11.5 Å². The fourth-order valence-electron chi connectivity index (χ4n) is 2.07. The maximum absolute atomic E-state index is 11.5. The van der Waals surface area contributed by atoms with E-state index in [1.165, 1.54) is 17.9 Å². The van der Waals surface area contributed by atoms with Crippen LogP contribution >= 0.6 is 0 Å². The minimum Gasteiger partial charge on any atom is -0.373 e. The van der Waals surface area contributed by atoms with Gasteiger partial charge in [0.15, 0.2) is 0 Å². The predicted molar refractivity (Wildman–Crippen MR) is 59.1 cm³/mol. The van der Waals surface area contributed by atoms with Gasteiger partial charge in [-0.15, -0.1) is 0 Å². The van der Waals surface area contributed by atoms with Gasteiger partial charge in [-0.1, -0.05) is 6.92 Å². The molecule has 16 heavy (non-hydrogen) atoms. The largest absolute Gasteiger partial charge is 0.373 e. The third kappa shape index (κ3) is 1.63. The van der Waals surface area contributed by atoms with E-state index >= 15 is 0 Å². The molecule has 2 N–H and O–H groups in total. The van der Waals surface area contributed by atoms with E-state index in [-0.39, 0.29) is 17.4 Å². The van der Waals surface area contributed by atoms with Crippen molar-refractivity contribution < 1.29 is 9.90 Å². The minimum atomic E-state index is -0.823. The van der Waals surface area contributed by atoms with Crippen molar-refractivity contribution in [3.8, 4) is 0 Å². The first-order valence-corrected chi connectivity index (χ1v) is 5.21. The number of H-pyrrole nitrogens is 1. The monoisotopic (exact) mass is 222 g/mol. The zero-order chi connectivity index (χ0) is 11.9. The number of aromatic nitrogens is 1. The first-order chi connectivity index (χ1) is 7.50. The number of fused-ring (bicyclic) bond motifs is 1. The van der Waals surface area contributed by atoms with Crippen molar-refractivity contribution in [2.45, 2.75) is 26.5 Å². The third-order valence-electron chi connectivity index (χ3n) is 2.87. The summed E-state index contributed by atoms with van der Waals surface area (Å²) in [7, 11) is 0. The number of amides is 1. The van der Waals surface area contributed by atoms with Gasteiger partial charge in [0.05, 0.1) is 5.69 Å². The summed E-state index contributed by atoms with van der Waals surface area (Å²) in [5, 5.41) is 9.94. The first-order valence-electron chi connectivity index (χ1n) is 5.21. The second-order valence-electron chi connectivity index (χ2n) is 4.17. The van der Waals surface area contributed by atoms with Gasteiger partial charge in [-0.05, 0) is 12.5 Å². The zero-order valence-electron chi connectivity index (χ0n) is 9.23. The molecule has 1 aromatic rings. The molecular weight excluding hydrogens is 208 g/mol. The van der Waals surface area contributed by atoms with Crippen LogP contribution in [0.5, 0.6) is 0 Å². The Morgan fingerprint density at radius 3 is 2.88 bits per heavy atom. The molecule has 2 rings (SSSR count). The van der Waals surface area contributed by atoms with Crippen LogP contribution in [0, 0.1) is 5.92 Å². The molecule has 0 aromatic carbocycles. The van der Waals surface area contributed by atoms with Gasteiger partial charge in [0, 0.05) is 24.6 Å². The fraction of sp³-hybridized carbons (Fsp3) is 0.455. The number of pyridine rings is 1. The lowest BCUT2D eigenvalue weighted by Gasteiger charge is -2.36. The second kappa shape index (κ2) is 3.75. The zero-order valence-corrected chi connectivity index (χ0v) is 9.23. The summed E-state index contributed by atoms with van der Waals surface area (Å²) in [5.41, 5.74) is 1.11. The summed E-state index contributed by atoms with van der Waals surface area (Å²) in [6.07, 6.45) is -0.257. The summed E-state index contributed by atoms with van der Waals surface area (Å²) in [6, 6.07) is 2.93. The number of nitrogens with one attached hydrogen (secondary N) is 1. The number of rotatable bonds is 0. The third-order valence-corrected chi connectivity index (χ3v) is 2.87. The van der Waals surface area contributed by atoms with Crippen molar-refractivity contribution in [2.75, 3.05) is 4.90 Å². The first kappa shape index (κ1) is 10.9. The lowest BCUT2D eigenvalue weighted by Crippen LogP contribution is -2.47. The van der Waals surface area contributed by atoms with Gasteiger partial charge in [0.1, 0.15) is 6.23 Å². The van der Waals surface area contributed by atoms with Crippen LogP contribution in [-0.2, 0) is 11.2 Å². The van der Waals surface area contributed by atoms with Gasteiger partial charge in [-0.2, -0.15) is 0 Å². The molecule has 5 nitrogen and oxygen atoms in total. The Balaban J connectivity index is 2.56. The molecule has 1 aromatic heterocycles. The van der Waals surface area contributed by atoms with E-state index < -0.39 is 6.23 Å². The average Bonchev–Trinajstić information content (AvgIpc) is 2.19. The Kier molecular flexibility index (Phi) is 2.55. The number of anilines is 1. The predicted octanol–water partition coefficient (Wildman–Crippen LogP) is 0.238. The van der Waals surface area contributed by atoms with Crippen LogP contribution in [0.4, 0.5) is 5.69 Å². The lowest BCUT2D eigenvalue weighted by molar-refractivity contribution is -0.119. The molecule has 5 heteroatoms. The molecule has 0 spiro atoms. The summed E-state index contributed by atoms with van der Waals surface area (Å²) in [6.45, 7) is 3.24. The molecule has 1 aliphatic rings. The number of carbonyl (C=O) groups excluding carboxylic acids is 1. The molecule has 0 bridgehead atoms. The number of aliphatic hydroxyl groups excluding tert-OH is 1. The number of aromatic amines is 1. The van der Waals surface area contributed by atoms with Gasteiger partial charge >= 0.3 is 0 Å². The van der Waals surface area contributed by atoms with E-state index in [1.807, 2.05) is 6.92 Å². The smallest absolute Gasteiger partial charge is 0.248 e. The van der Waals surface area contributed by atoms with Crippen LogP contribution in [-0.4, -0.2) is 22.2 Å². The molecule has 0 saturated carbocycles. The van der Waals surface area contributed by atoms with Crippen LogP contribution in [0.2, 0.25) is 0 Å². The van der Waals surface area contributed by atoms with Gasteiger partial charge < -0.3 is 10.1 Å². The van der Waals surface area contributed by atoms with Crippen LogP contribution in [0.1, 0.15) is 19.5 Å². The van der Waals surface area contributed by atoms with Crippen molar-refractivity contribution in [1.82, 2.24) is 4.98 Å². The van der Waals surface area contributed by atoms with Gasteiger partial charge in [0.25, 0.3) is 0 Å². The Bertz CT molecular complexity index is 480. The molecule has 0 saturated heterocycles. The summed E-state index contributed by atoms with van der Waals surface area (Å²) < 4.78 is 0. The minimum absolute atomic E-state index is 0.0885. The summed E-state index contributed by atoms with van der Waals surface area (Å²) in [5.74, 6) is -0.318. The molecule has 0 fully saturated rings. The molecule has 0 radical (unpaired) electrons. The van der Waals surface area contributed by atoms with Crippen molar-refractivity contribution in [1.29, 1.82) is 0 Å². The van der Waals surface area contributed by atoms with Gasteiger partial charge in [-0.25, -0.2) is 0 Å². The summed E-state index contributed by atoms with van der Waals surface area (Å²) in [4.78, 5) is 26.7. The topological polar surface area (TPSA) is 73.4 Å². The Morgan fingerprint density at radius 1 is 1.56 bits per heavy atom. The highest BCUT2D eigenvalue weighted by Gasteiger charge is 2.33. The van der Waals surface area contributed by atoms with E-state index in [2.05, 4.69) is 4.98 Å². The van der Waals surface area contributed by atoms with Crippen molar-refractivity contribution in [3.05, 3.63) is 28.2 Å². The lowest BCUT2D eigenvalue weighted by atomic mass is 9.96. The Labute approximate surface area is 92.7 Å². The van der Waals surface area contributed by atoms with Gasteiger partial charge in [-0.3, -0.25) is 14.5 Å². The van der Waals surface area contributed by atoms with Crippen LogP contribution < -0.4 is 10.5 Å². The normalized spacial score (nSPS) is 24.1. The standard InChI is InChI=1S/C11H14N2O3/c1-6-5-8-9(3-4-10(15)12-8)13(7(2)14)11(6)16/h3-4,6,11,16H,5H2,1-2H3,(H,12,15)/t6-,11+/m1/s1. The number of hydrogen-bond acceptors (Lipinski definition) is 3. The quantitative estimate of drug-likeness (QED) is 0.660. The number of hydrogen-bond donors (Lipinski definition) is 2. The molecule has 0 aliphatic carbocycles. The highest BCUT2D eigenvalue weighted by atomic mass is 16.3. The Morgan fingerprint density at radius 2 is 2.25 bits per heavy atom. The van der Waals surface area contributed by atoms with Crippen LogP contribution in [0.3, 0.4) is 0 Å². The highest BCUT2D eigenvalue weighted by molar-refractivity contribution is 5.92. The molecular formula is C11H14N2O3. The van der Waals surface area contributed by atoms with Crippen LogP contribution in [0.25, 0.3) is 0 Å². The van der Waals surface area contributed by atoms with Crippen LogP contribution in [0.15, 0.2) is 16.9 Å².